The number of carbonyl (C=O) groups is 2. The van der Waals surface area contributed by atoms with Crippen LogP contribution < -0.4 is 0 Å². The normalized spacial score (nSPS) is 14.5. The van der Waals surface area contributed by atoms with Crippen molar-refractivity contribution in [2.75, 3.05) is 6.61 Å². The minimum atomic E-state index is -4.08. The molecule has 3 nitrogen and oxygen atoms in total. The zero-order valence-electron chi connectivity index (χ0n) is 12.7. The molecule has 0 heterocycles. The highest BCUT2D eigenvalue weighted by atomic mass is 19.4. The molecule has 0 aliphatic heterocycles. The zero-order chi connectivity index (χ0) is 16.3. The first-order valence-corrected chi connectivity index (χ1v) is 7.50. The van der Waals surface area contributed by atoms with E-state index < -0.39 is 24.4 Å². The van der Waals surface area contributed by atoms with Crippen LogP contribution in [-0.2, 0) is 14.3 Å². The van der Waals surface area contributed by atoms with Gasteiger partial charge >= 0.3 is 12.1 Å². The molecule has 21 heavy (non-hydrogen) atoms. The maximum absolute atomic E-state index is 11.9. The Hall–Kier alpha value is -1.07. The Bertz CT molecular complexity index is 303. The minimum Gasteiger partial charge on any atom is -0.466 e. The number of carbonyl (C=O) groups excluding carboxylic acids is 2. The molecule has 2 atom stereocenters. The van der Waals surface area contributed by atoms with Crippen LogP contribution in [0.25, 0.3) is 0 Å². The Kier molecular flexibility index (Phi) is 10.1. The lowest BCUT2D eigenvalue weighted by Crippen LogP contribution is -2.25. The second kappa shape index (κ2) is 10.6. The molecule has 0 bridgehead atoms. The maximum atomic E-state index is 11.9. The van der Waals surface area contributed by atoms with Gasteiger partial charge in [-0.1, -0.05) is 32.6 Å². The van der Waals surface area contributed by atoms with E-state index in [0.29, 0.717) is 25.7 Å². The Morgan fingerprint density at radius 3 is 2.24 bits per heavy atom. The van der Waals surface area contributed by atoms with Gasteiger partial charge in [0.05, 0.1) is 12.5 Å². The average Bonchev–Trinajstić information content (AvgIpc) is 2.40. The maximum Gasteiger partial charge on any atom is 0.389 e. The fourth-order valence-electron chi connectivity index (χ4n) is 2.16. The molecule has 0 rings (SSSR count). The van der Waals surface area contributed by atoms with Crippen LogP contribution in [0, 0.1) is 11.8 Å². The van der Waals surface area contributed by atoms with Crippen molar-refractivity contribution >= 4 is 12.3 Å². The van der Waals surface area contributed by atoms with Crippen molar-refractivity contribution in [3.05, 3.63) is 0 Å². The largest absolute Gasteiger partial charge is 0.466 e. The number of esters is 1. The van der Waals surface area contributed by atoms with Gasteiger partial charge in [0.2, 0.25) is 0 Å². The van der Waals surface area contributed by atoms with Crippen LogP contribution in [0.15, 0.2) is 0 Å². The highest BCUT2D eigenvalue weighted by molar-refractivity contribution is 5.76. The predicted molar refractivity (Wildman–Crippen MR) is 73.7 cm³/mol. The molecule has 124 valence electrons. The van der Waals surface area contributed by atoms with E-state index in [9.17, 15) is 22.8 Å². The van der Waals surface area contributed by atoms with Gasteiger partial charge in [-0.05, 0) is 19.8 Å². The van der Waals surface area contributed by atoms with Gasteiger partial charge in [-0.25, -0.2) is 0 Å². The number of unbranched alkanes of at least 4 members (excludes halogenated alkanes) is 4. The summed E-state index contributed by atoms with van der Waals surface area (Å²) < 4.78 is 40.8. The fraction of sp³-hybridized carbons (Fsp3) is 0.867. The van der Waals surface area contributed by atoms with Gasteiger partial charge in [0.15, 0.2) is 0 Å². The van der Waals surface area contributed by atoms with Crippen molar-refractivity contribution in [2.24, 2.45) is 11.8 Å². The van der Waals surface area contributed by atoms with E-state index in [1.165, 1.54) is 0 Å². The van der Waals surface area contributed by atoms with Gasteiger partial charge < -0.3 is 9.53 Å². The summed E-state index contributed by atoms with van der Waals surface area (Å²) in [5.74, 6) is -1.21. The molecule has 0 aliphatic carbocycles. The van der Waals surface area contributed by atoms with Gasteiger partial charge in [-0.15, -0.1) is 0 Å². The van der Waals surface area contributed by atoms with Crippen molar-refractivity contribution in [1.29, 1.82) is 0 Å². The molecule has 0 N–H and O–H groups in total. The van der Waals surface area contributed by atoms with Crippen molar-refractivity contribution < 1.29 is 27.5 Å². The topological polar surface area (TPSA) is 43.4 Å². The lowest BCUT2D eigenvalue weighted by atomic mass is 9.90. The fourth-order valence-corrected chi connectivity index (χ4v) is 2.16. The van der Waals surface area contributed by atoms with Crippen molar-refractivity contribution in [2.45, 2.75) is 65.0 Å². The summed E-state index contributed by atoms with van der Waals surface area (Å²) in [4.78, 5) is 22.5. The number of aldehydes is 1. The summed E-state index contributed by atoms with van der Waals surface area (Å²) in [5, 5.41) is 0. The van der Waals surface area contributed by atoms with E-state index in [1.807, 2.05) is 0 Å². The lowest BCUT2D eigenvalue weighted by molar-refractivity contribution is -0.151. The third-order valence-electron chi connectivity index (χ3n) is 3.41. The number of hydrogen-bond acceptors (Lipinski definition) is 3. The van der Waals surface area contributed by atoms with Gasteiger partial charge in [-0.3, -0.25) is 4.79 Å². The molecular formula is C15H25F3O3. The molecule has 0 amide bonds. The molecule has 0 saturated heterocycles. The number of ether oxygens (including phenoxy) is 1. The first-order chi connectivity index (χ1) is 9.81. The third-order valence-corrected chi connectivity index (χ3v) is 3.41. The van der Waals surface area contributed by atoms with Crippen molar-refractivity contribution in [3.8, 4) is 0 Å². The standard InChI is InChI=1S/C15H25F3O3/c1-3-21-14(20)13(12(2)11-19)9-7-5-4-6-8-10-15(16,17)18/h11-13H,3-10H2,1-2H3. The Morgan fingerprint density at radius 1 is 1.14 bits per heavy atom. The summed E-state index contributed by atoms with van der Waals surface area (Å²) in [5.41, 5.74) is 0. The molecule has 0 fully saturated rings. The van der Waals surface area contributed by atoms with Crippen LogP contribution >= 0.6 is 0 Å². The van der Waals surface area contributed by atoms with E-state index in [-0.39, 0.29) is 19.0 Å². The van der Waals surface area contributed by atoms with Crippen LogP contribution in [0.2, 0.25) is 0 Å². The number of halogens is 3. The van der Waals surface area contributed by atoms with E-state index in [2.05, 4.69) is 0 Å². The molecule has 2 unspecified atom stereocenters. The smallest absolute Gasteiger partial charge is 0.389 e. The molecule has 6 heteroatoms. The van der Waals surface area contributed by atoms with Crippen LogP contribution in [0.3, 0.4) is 0 Å². The predicted octanol–water partition coefficient (Wildman–Crippen LogP) is 4.29. The summed E-state index contributed by atoms with van der Waals surface area (Å²) in [6.45, 7) is 3.66. The molecule has 0 radical (unpaired) electrons. The molecule has 0 aromatic carbocycles. The van der Waals surface area contributed by atoms with E-state index in [0.717, 1.165) is 12.7 Å². The van der Waals surface area contributed by atoms with E-state index in [1.54, 1.807) is 13.8 Å². The van der Waals surface area contributed by atoms with Crippen molar-refractivity contribution in [3.63, 3.8) is 0 Å². The first-order valence-electron chi connectivity index (χ1n) is 7.50. The van der Waals surface area contributed by atoms with Crippen LogP contribution in [0.1, 0.15) is 58.8 Å². The Morgan fingerprint density at radius 2 is 1.71 bits per heavy atom. The molecule has 0 spiro atoms. The Labute approximate surface area is 124 Å². The van der Waals surface area contributed by atoms with Gasteiger partial charge in [0, 0.05) is 12.3 Å². The number of rotatable bonds is 11. The second-order valence-electron chi connectivity index (χ2n) is 5.28. The molecule has 0 aliphatic rings. The molecule has 0 aromatic heterocycles. The van der Waals surface area contributed by atoms with Gasteiger partial charge in [-0.2, -0.15) is 13.2 Å². The quantitative estimate of drug-likeness (QED) is 0.325. The second-order valence-corrected chi connectivity index (χ2v) is 5.28. The summed E-state index contributed by atoms with van der Waals surface area (Å²) >= 11 is 0. The highest BCUT2D eigenvalue weighted by Gasteiger charge is 2.26. The molecular weight excluding hydrogens is 285 g/mol. The zero-order valence-corrected chi connectivity index (χ0v) is 12.7. The number of alkyl halides is 3. The summed E-state index contributed by atoms with van der Waals surface area (Å²) in [6, 6.07) is 0. The first kappa shape index (κ1) is 19.9. The Balaban J connectivity index is 3.88. The monoisotopic (exact) mass is 310 g/mol. The molecule has 0 aromatic rings. The van der Waals surface area contributed by atoms with Crippen LogP contribution in [0.4, 0.5) is 13.2 Å². The van der Waals surface area contributed by atoms with E-state index >= 15 is 0 Å². The summed E-state index contributed by atoms with van der Waals surface area (Å²) in [7, 11) is 0. The SMILES string of the molecule is CCOC(=O)C(CCCCCCCC(F)(F)F)C(C)C=O. The number of hydrogen-bond donors (Lipinski definition) is 0. The lowest BCUT2D eigenvalue weighted by Gasteiger charge is -2.18. The highest BCUT2D eigenvalue weighted by Crippen LogP contribution is 2.24. The van der Waals surface area contributed by atoms with Gasteiger partial charge in [0.25, 0.3) is 0 Å². The van der Waals surface area contributed by atoms with Crippen LogP contribution in [0.5, 0.6) is 0 Å². The van der Waals surface area contributed by atoms with Gasteiger partial charge in [0.1, 0.15) is 6.29 Å². The third kappa shape index (κ3) is 10.3. The summed E-state index contributed by atoms with van der Waals surface area (Å²) in [6.07, 6.45) is -0.658. The van der Waals surface area contributed by atoms with Crippen LogP contribution in [-0.4, -0.2) is 25.0 Å². The van der Waals surface area contributed by atoms with E-state index in [4.69, 9.17) is 4.74 Å². The van der Waals surface area contributed by atoms with Crippen molar-refractivity contribution in [1.82, 2.24) is 0 Å². The average molecular weight is 310 g/mol. The minimum absolute atomic E-state index is 0.148. The molecule has 0 saturated carbocycles.